The molecule has 2 N–H and O–H groups in total. The van der Waals surface area contributed by atoms with Crippen molar-refractivity contribution < 1.29 is 19.4 Å². The van der Waals surface area contributed by atoms with E-state index in [1.54, 1.807) is 12.1 Å². The van der Waals surface area contributed by atoms with E-state index >= 15 is 0 Å². The highest BCUT2D eigenvalue weighted by atomic mass is 16.5. The summed E-state index contributed by atoms with van der Waals surface area (Å²) in [4.78, 5) is 24.5. The first-order valence-corrected chi connectivity index (χ1v) is 9.60. The molecule has 0 radical (unpaired) electrons. The van der Waals surface area contributed by atoms with Gasteiger partial charge in [0, 0.05) is 19.6 Å². The van der Waals surface area contributed by atoms with Crippen molar-refractivity contribution in [1.82, 2.24) is 10.2 Å². The Balaban J connectivity index is 1.38. The Morgan fingerprint density at radius 3 is 2.32 bits per heavy atom. The minimum Gasteiger partial charge on any atom is -0.465 e. The number of carbonyl (C=O) groups is 2. The first-order chi connectivity index (χ1) is 13.6. The molecule has 2 aromatic rings. The maximum atomic E-state index is 12.1. The summed E-state index contributed by atoms with van der Waals surface area (Å²) in [6, 6.07) is 17.0. The van der Waals surface area contributed by atoms with Gasteiger partial charge in [-0.05, 0) is 48.6 Å². The van der Waals surface area contributed by atoms with Crippen molar-refractivity contribution in [2.45, 2.75) is 26.0 Å². The second kappa shape index (κ2) is 9.90. The quantitative estimate of drug-likeness (QED) is 0.717. The van der Waals surface area contributed by atoms with Crippen LogP contribution in [-0.4, -0.2) is 41.7 Å². The third-order valence-corrected chi connectivity index (χ3v) is 5.05. The number of likely N-dealkylation sites (tertiary alicyclic amines) is 1. The molecule has 1 saturated heterocycles. The molecule has 6 nitrogen and oxygen atoms in total. The van der Waals surface area contributed by atoms with Gasteiger partial charge in [0.15, 0.2) is 0 Å². The Labute approximate surface area is 165 Å². The molecule has 0 atom stereocenters. The average molecular weight is 382 g/mol. The lowest BCUT2D eigenvalue weighted by molar-refractivity contribution is 0.0472. The number of esters is 1. The molecule has 1 aliphatic heterocycles. The van der Waals surface area contributed by atoms with E-state index in [9.17, 15) is 9.59 Å². The molecule has 0 unspecified atom stereocenters. The molecule has 1 fully saturated rings. The lowest BCUT2D eigenvalue weighted by Crippen LogP contribution is -2.39. The zero-order chi connectivity index (χ0) is 19.8. The Hall–Kier alpha value is -2.86. The summed E-state index contributed by atoms with van der Waals surface area (Å²) < 4.78 is 5.34. The van der Waals surface area contributed by atoms with Crippen molar-refractivity contribution in [3.8, 4) is 0 Å². The molecule has 28 heavy (non-hydrogen) atoms. The van der Waals surface area contributed by atoms with Crippen molar-refractivity contribution in [3.05, 3.63) is 71.3 Å². The highest BCUT2D eigenvalue weighted by Gasteiger charge is 2.21. The van der Waals surface area contributed by atoms with E-state index in [1.165, 1.54) is 4.90 Å². The minimum atomic E-state index is -0.825. The number of ether oxygens (including phenoxy) is 1. The van der Waals surface area contributed by atoms with E-state index in [0.29, 0.717) is 24.6 Å². The molecule has 6 heteroatoms. The van der Waals surface area contributed by atoms with Crippen LogP contribution in [0.2, 0.25) is 0 Å². The fraction of sp³-hybridized carbons (Fsp3) is 0.364. The molecular formula is C22H26N2O4. The van der Waals surface area contributed by atoms with Crippen molar-refractivity contribution in [1.29, 1.82) is 0 Å². The zero-order valence-electron chi connectivity index (χ0n) is 15.8. The Kier molecular flexibility index (Phi) is 7.03. The lowest BCUT2D eigenvalue weighted by atomic mass is 9.97. The topological polar surface area (TPSA) is 78.9 Å². The monoisotopic (exact) mass is 382 g/mol. The summed E-state index contributed by atoms with van der Waals surface area (Å²) in [6.07, 6.45) is 0.963. The number of rotatable bonds is 7. The maximum Gasteiger partial charge on any atom is 0.407 e. The number of carbonyl (C=O) groups excluding carboxylic acids is 1. The lowest BCUT2D eigenvalue weighted by Gasteiger charge is -2.30. The number of piperidine rings is 1. The fourth-order valence-electron chi connectivity index (χ4n) is 3.31. The van der Waals surface area contributed by atoms with E-state index in [1.807, 2.05) is 42.5 Å². The third kappa shape index (κ3) is 5.82. The Morgan fingerprint density at radius 1 is 1.00 bits per heavy atom. The first-order valence-electron chi connectivity index (χ1n) is 9.60. The SMILES string of the molecule is O=C(OCc1ccccc1)c1ccc(CNCC2CCN(C(=O)O)CC2)cc1. The Morgan fingerprint density at radius 2 is 1.68 bits per heavy atom. The van der Waals surface area contributed by atoms with Crippen LogP contribution in [-0.2, 0) is 17.9 Å². The van der Waals surface area contributed by atoms with Gasteiger partial charge in [-0.25, -0.2) is 9.59 Å². The molecule has 2 aromatic carbocycles. The number of benzene rings is 2. The molecule has 0 aromatic heterocycles. The molecule has 0 saturated carbocycles. The van der Waals surface area contributed by atoms with Crippen LogP contribution < -0.4 is 5.32 Å². The van der Waals surface area contributed by atoms with Crippen molar-refractivity contribution in [2.24, 2.45) is 5.92 Å². The van der Waals surface area contributed by atoms with Crippen LogP contribution in [0, 0.1) is 5.92 Å². The molecule has 148 valence electrons. The van der Waals surface area contributed by atoms with Crippen LogP contribution in [0.25, 0.3) is 0 Å². The molecular weight excluding hydrogens is 356 g/mol. The van der Waals surface area contributed by atoms with Crippen LogP contribution >= 0.6 is 0 Å². The van der Waals surface area contributed by atoms with Gasteiger partial charge in [0.1, 0.15) is 6.61 Å². The summed E-state index contributed by atoms with van der Waals surface area (Å²) in [5, 5.41) is 12.4. The van der Waals surface area contributed by atoms with Gasteiger partial charge in [0.05, 0.1) is 5.56 Å². The van der Waals surface area contributed by atoms with E-state index in [-0.39, 0.29) is 12.6 Å². The van der Waals surface area contributed by atoms with Gasteiger partial charge in [-0.3, -0.25) is 0 Å². The van der Waals surface area contributed by atoms with Gasteiger partial charge in [-0.15, -0.1) is 0 Å². The van der Waals surface area contributed by atoms with Crippen molar-refractivity contribution in [2.75, 3.05) is 19.6 Å². The van der Waals surface area contributed by atoms with Crippen LogP contribution in [0.1, 0.15) is 34.3 Å². The van der Waals surface area contributed by atoms with E-state index in [2.05, 4.69) is 5.32 Å². The molecule has 1 amide bonds. The van der Waals surface area contributed by atoms with Crippen molar-refractivity contribution in [3.63, 3.8) is 0 Å². The predicted octanol–water partition coefficient (Wildman–Crippen LogP) is 3.52. The highest BCUT2D eigenvalue weighted by molar-refractivity contribution is 5.89. The average Bonchev–Trinajstić information content (AvgIpc) is 2.73. The van der Waals surface area contributed by atoms with Gasteiger partial charge in [-0.1, -0.05) is 42.5 Å². The fourth-order valence-corrected chi connectivity index (χ4v) is 3.31. The van der Waals surface area contributed by atoms with Crippen LogP contribution in [0.5, 0.6) is 0 Å². The van der Waals surface area contributed by atoms with Gasteiger partial charge in [-0.2, -0.15) is 0 Å². The smallest absolute Gasteiger partial charge is 0.407 e. The number of carboxylic acid groups (broad SMARTS) is 1. The zero-order valence-corrected chi connectivity index (χ0v) is 15.8. The number of nitrogens with one attached hydrogen (secondary N) is 1. The predicted molar refractivity (Wildman–Crippen MR) is 106 cm³/mol. The molecule has 1 aliphatic rings. The van der Waals surface area contributed by atoms with E-state index in [4.69, 9.17) is 9.84 Å². The number of nitrogens with zero attached hydrogens (tertiary/aromatic N) is 1. The van der Waals surface area contributed by atoms with Gasteiger partial charge in [0.2, 0.25) is 0 Å². The van der Waals surface area contributed by atoms with Gasteiger partial charge in [0.25, 0.3) is 0 Å². The van der Waals surface area contributed by atoms with Gasteiger partial charge >= 0.3 is 12.1 Å². The number of amides is 1. The van der Waals surface area contributed by atoms with E-state index in [0.717, 1.165) is 37.1 Å². The third-order valence-electron chi connectivity index (χ3n) is 5.05. The summed E-state index contributed by atoms with van der Waals surface area (Å²) in [7, 11) is 0. The van der Waals surface area contributed by atoms with Crippen LogP contribution in [0.3, 0.4) is 0 Å². The molecule has 0 aliphatic carbocycles. The molecule has 0 bridgehead atoms. The Bertz CT molecular complexity index is 769. The number of hydrogen-bond donors (Lipinski definition) is 2. The second-order valence-electron chi connectivity index (χ2n) is 7.10. The first kappa shape index (κ1) is 19.9. The largest absolute Gasteiger partial charge is 0.465 e. The van der Waals surface area contributed by atoms with Gasteiger partial charge < -0.3 is 20.1 Å². The molecule has 3 rings (SSSR count). The second-order valence-corrected chi connectivity index (χ2v) is 7.10. The number of hydrogen-bond acceptors (Lipinski definition) is 4. The molecule has 1 heterocycles. The summed E-state index contributed by atoms with van der Waals surface area (Å²) in [5.74, 6) is 0.177. The maximum absolute atomic E-state index is 12.1. The normalized spacial score (nSPS) is 14.6. The minimum absolute atomic E-state index is 0.268. The van der Waals surface area contributed by atoms with Crippen molar-refractivity contribution >= 4 is 12.1 Å². The van der Waals surface area contributed by atoms with Crippen LogP contribution in [0.15, 0.2) is 54.6 Å². The van der Waals surface area contributed by atoms with Crippen LogP contribution in [0.4, 0.5) is 4.79 Å². The summed E-state index contributed by atoms with van der Waals surface area (Å²) >= 11 is 0. The van der Waals surface area contributed by atoms with E-state index < -0.39 is 6.09 Å². The summed E-state index contributed by atoms with van der Waals surface area (Å²) in [6.45, 7) is 3.08. The highest BCUT2D eigenvalue weighted by Crippen LogP contribution is 2.16. The molecule has 0 spiro atoms. The standard InChI is InChI=1S/C22H26N2O4/c25-21(28-16-19-4-2-1-3-5-19)20-8-6-17(7-9-20)14-23-15-18-10-12-24(13-11-18)22(26)27/h1-9,18,23H,10-16H2,(H,26,27). The summed E-state index contributed by atoms with van der Waals surface area (Å²) in [5.41, 5.74) is 2.61.